The van der Waals surface area contributed by atoms with Crippen LogP contribution < -0.4 is 10.5 Å². The first-order valence-corrected chi connectivity index (χ1v) is 13.6. The van der Waals surface area contributed by atoms with Crippen LogP contribution in [0, 0.1) is 23.7 Å². The third kappa shape index (κ3) is 9.86. The molecule has 1 heterocycles. The van der Waals surface area contributed by atoms with Crippen LogP contribution in [0.2, 0.25) is 5.02 Å². The number of nitrogens with zero attached hydrogens (tertiary/aromatic N) is 3. The van der Waals surface area contributed by atoms with E-state index in [0.717, 1.165) is 42.5 Å². The van der Waals surface area contributed by atoms with Gasteiger partial charge in [0, 0.05) is 43.2 Å². The fourth-order valence-electron chi connectivity index (χ4n) is 4.48. The van der Waals surface area contributed by atoms with Crippen LogP contribution in [-0.4, -0.2) is 72.0 Å². The molecule has 1 atom stereocenters. The zero-order valence-corrected chi connectivity index (χ0v) is 23.1. The summed E-state index contributed by atoms with van der Waals surface area (Å²) in [6, 6.07) is 25.5. The largest absolute Gasteiger partial charge is 0.481 e. The van der Waals surface area contributed by atoms with Crippen LogP contribution in [0.15, 0.2) is 78.9 Å². The topological polar surface area (TPSA) is 82.3 Å². The van der Waals surface area contributed by atoms with Crippen molar-refractivity contribution in [2.45, 2.75) is 19.9 Å². The third-order valence-electron chi connectivity index (χ3n) is 6.60. The Morgan fingerprint density at radius 1 is 0.927 bits per heavy atom. The second-order valence-corrected chi connectivity index (χ2v) is 9.79. The minimum Gasteiger partial charge on any atom is -0.481 e. The van der Waals surface area contributed by atoms with Gasteiger partial charge in [0.1, 0.15) is 12.4 Å². The van der Waals surface area contributed by atoms with E-state index in [-0.39, 0.29) is 20.0 Å². The van der Waals surface area contributed by atoms with Gasteiger partial charge in [-0.3, -0.25) is 15.0 Å². The maximum absolute atomic E-state index is 10.8. The second kappa shape index (κ2) is 16.3. The van der Waals surface area contributed by atoms with Crippen molar-refractivity contribution < 1.29 is 14.7 Å². The van der Waals surface area contributed by atoms with Gasteiger partial charge in [0.05, 0.1) is 19.1 Å². The van der Waals surface area contributed by atoms with E-state index >= 15 is 0 Å². The predicted molar refractivity (Wildman–Crippen MR) is 164 cm³/mol. The zero-order valence-electron chi connectivity index (χ0n) is 22.3. The van der Waals surface area contributed by atoms with E-state index in [2.05, 4.69) is 75.9 Å². The maximum atomic E-state index is 10.8. The molecule has 1 aliphatic heterocycles. The summed E-state index contributed by atoms with van der Waals surface area (Å²) >= 11 is 6.15. The van der Waals surface area contributed by atoms with Gasteiger partial charge in [0.15, 0.2) is 0 Å². The Hall–Kier alpha value is -3.98. The van der Waals surface area contributed by atoms with Gasteiger partial charge >= 0.3 is 6.03 Å². The van der Waals surface area contributed by atoms with E-state index in [1.807, 2.05) is 36.4 Å². The first-order valence-electron chi connectivity index (χ1n) is 13.2. The van der Waals surface area contributed by atoms with Crippen molar-refractivity contribution in [3.63, 3.8) is 0 Å². The van der Waals surface area contributed by atoms with Crippen molar-refractivity contribution >= 4 is 17.6 Å². The number of urea groups is 1. The second-order valence-electron chi connectivity index (χ2n) is 9.36. The highest BCUT2D eigenvalue weighted by molar-refractivity contribution is 6.30. The number of benzene rings is 3. The Morgan fingerprint density at radius 2 is 1.59 bits per heavy atom. The number of halogens is 1. The monoisotopic (exact) mass is 572 g/mol. The van der Waals surface area contributed by atoms with Crippen molar-refractivity contribution in [1.82, 2.24) is 14.9 Å². The molecule has 214 valence electrons. The third-order valence-corrected chi connectivity index (χ3v) is 6.85. The molecule has 0 radical (unpaired) electrons. The Labute approximate surface area is 248 Å². The Balaban J connectivity index is 0.00000462. The fourth-order valence-corrected chi connectivity index (χ4v) is 4.61. The molecule has 3 N–H and O–H groups in total. The lowest BCUT2D eigenvalue weighted by atomic mass is 9.96. The van der Waals surface area contributed by atoms with Crippen LogP contribution in [0.1, 0.15) is 36.6 Å². The number of ether oxygens (including phenoxy) is 1. The van der Waals surface area contributed by atoms with E-state index < -0.39 is 6.03 Å². The molecule has 1 aliphatic rings. The number of carbonyl (C=O) groups is 1. The van der Waals surface area contributed by atoms with E-state index in [1.54, 1.807) is 0 Å². The molecule has 0 bridgehead atoms. The standard InChI is InChI=1S/C32H33ClN4O3.CH4/c33-29-15-13-28(14-16-29)31(27-9-2-1-3-10-27)36-23-21-35(22-24-36)19-6-7-25-40-30-17-11-26(12-18-30)8-4-5-20-37(39)32(34)38;/h1-3,9-18,31,39H,5,19-25H2,(H2,34,38);1H4/t31-;/m1./s1. The summed E-state index contributed by atoms with van der Waals surface area (Å²) in [5.41, 5.74) is 8.30. The van der Waals surface area contributed by atoms with E-state index in [9.17, 15) is 10.0 Å². The summed E-state index contributed by atoms with van der Waals surface area (Å²) in [4.78, 5) is 15.7. The predicted octanol–water partition coefficient (Wildman–Crippen LogP) is 5.28. The maximum Gasteiger partial charge on any atom is 0.338 e. The molecule has 41 heavy (non-hydrogen) atoms. The summed E-state index contributed by atoms with van der Waals surface area (Å²) in [6.45, 7) is 4.91. The summed E-state index contributed by atoms with van der Waals surface area (Å²) < 4.78 is 5.74. The molecule has 8 heteroatoms. The molecule has 0 saturated carbocycles. The number of nitrogens with two attached hydrogens (primary N) is 1. The van der Waals surface area contributed by atoms with Crippen molar-refractivity contribution in [3.05, 3.63) is 101 Å². The van der Waals surface area contributed by atoms with E-state index in [0.29, 0.717) is 24.6 Å². The lowest BCUT2D eigenvalue weighted by Crippen LogP contribution is -2.47. The number of piperazine rings is 1. The normalized spacial score (nSPS) is 13.9. The summed E-state index contributed by atoms with van der Waals surface area (Å²) in [5, 5.41) is 10.4. The van der Waals surface area contributed by atoms with Gasteiger partial charge in [-0.05, 0) is 47.5 Å². The van der Waals surface area contributed by atoms with Gasteiger partial charge in [-0.2, -0.15) is 0 Å². The number of primary amides is 1. The van der Waals surface area contributed by atoms with Crippen LogP contribution in [0.25, 0.3) is 0 Å². The van der Waals surface area contributed by atoms with Gasteiger partial charge < -0.3 is 10.5 Å². The minimum atomic E-state index is -0.892. The summed E-state index contributed by atoms with van der Waals surface area (Å²) in [7, 11) is 0. The van der Waals surface area contributed by atoms with Crippen LogP contribution in [0.5, 0.6) is 5.75 Å². The van der Waals surface area contributed by atoms with Crippen LogP contribution in [0.4, 0.5) is 4.79 Å². The molecule has 1 saturated heterocycles. The Morgan fingerprint density at radius 3 is 2.24 bits per heavy atom. The quantitative estimate of drug-likeness (QED) is 0.218. The molecule has 0 aromatic heterocycles. The van der Waals surface area contributed by atoms with Gasteiger partial charge in [-0.25, -0.2) is 9.86 Å². The van der Waals surface area contributed by atoms with Crippen LogP contribution in [-0.2, 0) is 0 Å². The van der Waals surface area contributed by atoms with Gasteiger partial charge in [0.2, 0.25) is 0 Å². The highest BCUT2D eigenvalue weighted by Crippen LogP contribution is 2.30. The minimum absolute atomic E-state index is 0. The van der Waals surface area contributed by atoms with Crippen molar-refractivity contribution in [2.24, 2.45) is 5.73 Å². The summed E-state index contributed by atoms with van der Waals surface area (Å²) in [5.74, 6) is 12.9. The van der Waals surface area contributed by atoms with Crippen LogP contribution >= 0.6 is 11.6 Å². The molecule has 7 nitrogen and oxygen atoms in total. The van der Waals surface area contributed by atoms with Gasteiger partial charge in [-0.15, -0.1) is 0 Å². The lowest BCUT2D eigenvalue weighted by molar-refractivity contribution is -0.0372. The molecule has 3 aromatic carbocycles. The molecule has 1 fully saturated rings. The van der Waals surface area contributed by atoms with Gasteiger partial charge in [0.25, 0.3) is 0 Å². The fraction of sp³-hybridized carbons (Fsp3) is 0.303. The van der Waals surface area contributed by atoms with Crippen molar-refractivity contribution in [3.8, 4) is 29.4 Å². The van der Waals surface area contributed by atoms with Crippen molar-refractivity contribution in [1.29, 1.82) is 0 Å². The molecule has 0 aliphatic carbocycles. The lowest BCUT2D eigenvalue weighted by Gasteiger charge is -2.39. The van der Waals surface area contributed by atoms with Gasteiger partial charge in [-0.1, -0.05) is 85.2 Å². The molecule has 3 aromatic rings. The molecule has 2 amide bonds. The summed E-state index contributed by atoms with van der Waals surface area (Å²) in [6.07, 6.45) is 0.318. The Bertz CT molecular complexity index is 1350. The molecular formula is C33H37ClN4O3. The SMILES string of the molecule is C.NC(=O)N(O)CCC#Cc1ccc(OCC#CCN2CCN([C@H](c3ccccc3)c3ccc(Cl)cc3)CC2)cc1. The number of rotatable bonds is 8. The smallest absolute Gasteiger partial charge is 0.338 e. The first kappa shape index (κ1) is 31.5. The molecule has 0 unspecified atom stereocenters. The molecular weight excluding hydrogens is 536 g/mol. The molecule has 4 rings (SSSR count). The van der Waals surface area contributed by atoms with E-state index in [4.69, 9.17) is 22.1 Å². The van der Waals surface area contributed by atoms with Crippen molar-refractivity contribution in [2.75, 3.05) is 45.9 Å². The number of hydrogen-bond donors (Lipinski definition) is 2. The highest BCUT2D eigenvalue weighted by Gasteiger charge is 2.26. The van der Waals surface area contributed by atoms with E-state index in [1.165, 1.54) is 11.1 Å². The number of hydrogen-bond acceptors (Lipinski definition) is 5. The highest BCUT2D eigenvalue weighted by atomic mass is 35.5. The first-order chi connectivity index (χ1) is 19.5. The average molecular weight is 573 g/mol. The molecule has 0 spiro atoms. The average Bonchev–Trinajstić information content (AvgIpc) is 2.98. The number of hydroxylamine groups is 2. The Kier molecular flexibility index (Phi) is 12.6. The zero-order chi connectivity index (χ0) is 28.2. The van der Waals surface area contributed by atoms with Crippen LogP contribution in [0.3, 0.4) is 0 Å². The number of carbonyl (C=O) groups excluding carboxylic acids is 1. The number of amides is 2.